The zero-order valence-electron chi connectivity index (χ0n) is 8.64. The molecule has 1 heteroatoms. The molecule has 0 saturated carbocycles. The minimum absolute atomic E-state index is 0.0951. The molecule has 72 valence electrons. The van der Waals surface area contributed by atoms with Crippen molar-refractivity contribution in [2.24, 2.45) is 5.92 Å². The van der Waals surface area contributed by atoms with Crippen molar-refractivity contribution in [3.05, 3.63) is 12.2 Å². The van der Waals surface area contributed by atoms with E-state index in [0.29, 0.717) is 5.92 Å². The van der Waals surface area contributed by atoms with Gasteiger partial charge in [-0.2, -0.15) is 0 Å². The zero-order valence-corrected chi connectivity index (χ0v) is 8.64. The summed E-state index contributed by atoms with van der Waals surface area (Å²) in [5.74, 6) is 0.606. The van der Waals surface area contributed by atoms with Crippen LogP contribution < -0.4 is 0 Å². The van der Waals surface area contributed by atoms with E-state index in [1.807, 2.05) is 6.92 Å². The van der Waals surface area contributed by atoms with Gasteiger partial charge < -0.3 is 5.11 Å². The van der Waals surface area contributed by atoms with Gasteiger partial charge in [0.1, 0.15) is 0 Å². The predicted octanol–water partition coefficient (Wildman–Crippen LogP) is 3.14. The maximum Gasteiger partial charge on any atom is 0.0537 e. The third-order valence-electron chi connectivity index (χ3n) is 2.49. The largest absolute Gasteiger partial charge is 0.393 e. The highest BCUT2D eigenvalue weighted by Gasteiger charge is 2.04. The van der Waals surface area contributed by atoms with Crippen LogP contribution in [0.1, 0.15) is 46.5 Å². The van der Waals surface area contributed by atoms with Gasteiger partial charge in [0.15, 0.2) is 0 Å². The van der Waals surface area contributed by atoms with E-state index in [2.05, 4.69) is 20.4 Å². The van der Waals surface area contributed by atoms with Gasteiger partial charge in [-0.1, -0.05) is 32.4 Å². The molecular weight excluding hydrogens is 148 g/mol. The number of allylic oxidation sites excluding steroid dienone is 1. The van der Waals surface area contributed by atoms with Crippen LogP contribution in [0.25, 0.3) is 0 Å². The first-order chi connectivity index (χ1) is 5.57. The highest BCUT2D eigenvalue weighted by molar-refractivity contribution is 4.93. The molecule has 0 spiro atoms. The summed E-state index contributed by atoms with van der Waals surface area (Å²) in [6.07, 6.45) is 3.99. The molecule has 0 saturated heterocycles. The van der Waals surface area contributed by atoms with E-state index in [1.165, 1.54) is 5.57 Å². The van der Waals surface area contributed by atoms with Gasteiger partial charge in [-0.3, -0.25) is 0 Å². The fourth-order valence-corrected chi connectivity index (χ4v) is 1.11. The molecule has 0 amide bonds. The van der Waals surface area contributed by atoms with Crippen molar-refractivity contribution in [3.63, 3.8) is 0 Å². The van der Waals surface area contributed by atoms with Crippen LogP contribution in [0, 0.1) is 5.92 Å². The van der Waals surface area contributed by atoms with Gasteiger partial charge in [0.25, 0.3) is 0 Å². The first kappa shape index (κ1) is 11.7. The first-order valence-corrected chi connectivity index (χ1v) is 4.91. The highest BCUT2D eigenvalue weighted by atomic mass is 16.3. The lowest BCUT2D eigenvalue weighted by Gasteiger charge is -2.12. The Morgan fingerprint density at radius 2 is 2.00 bits per heavy atom. The molecule has 0 heterocycles. The third kappa shape index (κ3) is 5.36. The van der Waals surface area contributed by atoms with Crippen LogP contribution in [-0.2, 0) is 0 Å². The molecule has 12 heavy (non-hydrogen) atoms. The summed E-state index contributed by atoms with van der Waals surface area (Å²) in [5.41, 5.74) is 1.25. The molecule has 0 bridgehead atoms. The van der Waals surface area contributed by atoms with E-state index in [0.717, 1.165) is 25.7 Å². The summed E-state index contributed by atoms with van der Waals surface area (Å²) in [6.45, 7) is 10.2. The summed E-state index contributed by atoms with van der Waals surface area (Å²) < 4.78 is 0. The van der Waals surface area contributed by atoms with Crippen molar-refractivity contribution in [1.29, 1.82) is 0 Å². The summed E-state index contributed by atoms with van der Waals surface area (Å²) in [4.78, 5) is 0. The van der Waals surface area contributed by atoms with Gasteiger partial charge in [-0.15, -0.1) is 0 Å². The molecule has 0 aromatic rings. The normalized spacial score (nSPS) is 15.7. The summed E-state index contributed by atoms with van der Waals surface area (Å²) >= 11 is 0. The van der Waals surface area contributed by atoms with E-state index < -0.39 is 0 Å². The fourth-order valence-electron chi connectivity index (χ4n) is 1.11. The lowest BCUT2D eigenvalue weighted by atomic mass is 9.96. The minimum atomic E-state index is -0.0951. The van der Waals surface area contributed by atoms with Crippen LogP contribution in [0.2, 0.25) is 0 Å². The van der Waals surface area contributed by atoms with E-state index >= 15 is 0 Å². The zero-order chi connectivity index (χ0) is 9.56. The van der Waals surface area contributed by atoms with E-state index in [-0.39, 0.29) is 6.10 Å². The van der Waals surface area contributed by atoms with Crippen LogP contribution in [0.4, 0.5) is 0 Å². The number of rotatable bonds is 6. The van der Waals surface area contributed by atoms with Crippen LogP contribution in [0.5, 0.6) is 0 Å². The molecular formula is C11H22O. The van der Waals surface area contributed by atoms with Crippen molar-refractivity contribution in [1.82, 2.24) is 0 Å². The van der Waals surface area contributed by atoms with Gasteiger partial charge >= 0.3 is 0 Å². The Kier molecular flexibility index (Phi) is 6.09. The molecule has 1 N–H and O–H groups in total. The predicted molar refractivity (Wildman–Crippen MR) is 54.1 cm³/mol. The van der Waals surface area contributed by atoms with Crippen LogP contribution in [-0.4, -0.2) is 11.2 Å². The van der Waals surface area contributed by atoms with Gasteiger partial charge in [-0.25, -0.2) is 0 Å². The second-order valence-corrected chi connectivity index (χ2v) is 3.74. The second-order valence-electron chi connectivity index (χ2n) is 3.74. The standard InChI is InChI=1S/C11H22O/c1-5-11(12)8-6-7-10(4)9(2)3/h10-12H,2,5-8H2,1,3-4H3. The van der Waals surface area contributed by atoms with Crippen LogP contribution in [0.15, 0.2) is 12.2 Å². The fraction of sp³-hybridized carbons (Fsp3) is 0.818. The Bertz CT molecular complexity index is 129. The maximum absolute atomic E-state index is 9.29. The molecule has 0 aromatic carbocycles. The Balaban J connectivity index is 3.37. The van der Waals surface area contributed by atoms with E-state index in [1.54, 1.807) is 0 Å². The topological polar surface area (TPSA) is 20.2 Å². The highest BCUT2D eigenvalue weighted by Crippen LogP contribution is 2.16. The summed E-state index contributed by atoms with van der Waals surface area (Å²) in [6, 6.07) is 0. The van der Waals surface area contributed by atoms with E-state index in [4.69, 9.17) is 0 Å². The van der Waals surface area contributed by atoms with Gasteiger partial charge in [0.2, 0.25) is 0 Å². The van der Waals surface area contributed by atoms with Crippen molar-refractivity contribution in [2.45, 2.75) is 52.6 Å². The monoisotopic (exact) mass is 170 g/mol. The summed E-state index contributed by atoms with van der Waals surface area (Å²) in [7, 11) is 0. The van der Waals surface area contributed by atoms with Crippen LogP contribution >= 0.6 is 0 Å². The van der Waals surface area contributed by atoms with E-state index in [9.17, 15) is 5.11 Å². The quantitative estimate of drug-likeness (QED) is 0.607. The average Bonchev–Trinajstić information content (AvgIpc) is 2.03. The number of aliphatic hydroxyl groups excluding tert-OH is 1. The molecule has 0 aliphatic rings. The van der Waals surface area contributed by atoms with Gasteiger partial charge in [0, 0.05) is 0 Å². The summed E-state index contributed by atoms with van der Waals surface area (Å²) in [5, 5.41) is 9.29. The smallest absolute Gasteiger partial charge is 0.0537 e. The van der Waals surface area contributed by atoms with Crippen molar-refractivity contribution in [3.8, 4) is 0 Å². The van der Waals surface area contributed by atoms with Gasteiger partial charge in [0.05, 0.1) is 6.10 Å². The Morgan fingerprint density at radius 1 is 1.42 bits per heavy atom. The molecule has 0 aliphatic carbocycles. The molecule has 2 atom stereocenters. The number of hydrogen-bond donors (Lipinski definition) is 1. The minimum Gasteiger partial charge on any atom is -0.393 e. The second kappa shape index (κ2) is 6.24. The van der Waals surface area contributed by atoms with Crippen molar-refractivity contribution in [2.75, 3.05) is 0 Å². The third-order valence-corrected chi connectivity index (χ3v) is 2.49. The Hall–Kier alpha value is -0.300. The average molecular weight is 170 g/mol. The molecule has 0 aliphatic heterocycles. The number of hydrogen-bond acceptors (Lipinski definition) is 1. The lowest BCUT2D eigenvalue weighted by molar-refractivity contribution is 0.155. The van der Waals surface area contributed by atoms with Crippen LogP contribution in [0.3, 0.4) is 0 Å². The molecule has 0 fully saturated rings. The van der Waals surface area contributed by atoms with Gasteiger partial charge in [-0.05, 0) is 32.1 Å². The SMILES string of the molecule is C=C(C)C(C)CCCC(O)CC. The molecule has 0 aromatic heterocycles. The van der Waals surface area contributed by atoms with Crippen molar-refractivity contribution < 1.29 is 5.11 Å². The number of aliphatic hydroxyl groups is 1. The Morgan fingerprint density at radius 3 is 2.42 bits per heavy atom. The first-order valence-electron chi connectivity index (χ1n) is 4.91. The lowest BCUT2D eigenvalue weighted by Crippen LogP contribution is -2.05. The molecule has 0 radical (unpaired) electrons. The molecule has 0 rings (SSSR count). The van der Waals surface area contributed by atoms with Crippen molar-refractivity contribution >= 4 is 0 Å². The molecule has 1 nitrogen and oxygen atoms in total. The Labute approximate surface area is 76.5 Å². The maximum atomic E-state index is 9.29. The molecule has 2 unspecified atom stereocenters.